The van der Waals surface area contributed by atoms with E-state index in [4.69, 9.17) is 0 Å². The Bertz CT molecular complexity index is 481. The molecule has 1 amide bonds. The van der Waals surface area contributed by atoms with Gasteiger partial charge in [0, 0.05) is 10.9 Å². The first-order chi connectivity index (χ1) is 8.38. The maximum Gasteiger partial charge on any atom is 0.416 e. The van der Waals surface area contributed by atoms with E-state index in [0.29, 0.717) is 16.5 Å². The highest BCUT2D eigenvalue weighted by atomic mass is 79.9. The van der Waals surface area contributed by atoms with Crippen LogP contribution in [0.2, 0.25) is 0 Å². The standard InChI is InChI=1S/C11H9BrF3NO2.ClH/c12-8-2-1-6(11(13,14)15)5-7(8)9-3-4-18-10(17)16-9;/h1-2,5,9H,3-4H2,(H,16,17);1H/t9-;/m0./s1. The molecule has 1 aliphatic rings. The van der Waals surface area contributed by atoms with Crippen LogP contribution in [-0.4, -0.2) is 12.7 Å². The smallest absolute Gasteiger partial charge is 0.416 e. The van der Waals surface area contributed by atoms with Crippen LogP contribution in [0.5, 0.6) is 0 Å². The van der Waals surface area contributed by atoms with Gasteiger partial charge in [-0.2, -0.15) is 13.2 Å². The fourth-order valence-electron chi connectivity index (χ4n) is 1.75. The number of rotatable bonds is 1. The summed E-state index contributed by atoms with van der Waals surface area (Å²) in [5.41, 5.74) is -0.331. The zero-order valence-electron chi connectivity index (χ0n) is 9.46. The summed E-state index contributed by atoms with van der Waals surface area (Å²) in [7, 11) is 0. The molecule has 8 heteroatoms. The fraction of sp³-hybridized carbons (Fsp3) is 0.364. The van der Waals surface area contributed by atoms with Crippen LogP contribution in [0.25, 0.3) is 0 Å². The third kappa shape index (κ3) is 3.76. The van der Waals surface area contributed by atoms with Crippen LogP contribution in [0.4, 0.5) is 18.0 Å². The number of alkyl halides is 3. The molecule has 0 bridgehead atoms. The number of benzene rings is 1. The lowest BCUT2D eigenvalue weighted by Gasteiger charge is -2.25. The lowest BCUT2D eigenvalue weighted by atomic mass is 10.0. The van der Waals surface area contributed by atoms with Crippen molar-refractivity contribution in [2.45, 2.75) is 18.6 Å². The Kier molecular flexibility index (Phi) is 5.09. The predicted molar refractivity (Wildman–Crippen MR) is 68.2 cm³/mol. The van der Waals surface area contributed by atoms with Gasteiger partial charge in [-0.15, -0.1) is 12.4 Å². The highest BCUT2D eigenvalue weighted by Crippen LogP contribution is 2.35. The normalized spacial score (nSPS) is 19.2. The average Bonchev–Trinajstić information content (AvgIpc) is 2.28. The van der Waals surface area contributed by atoms with E-state index in [1.807, 2.05) is 0 Å². The van der Waals surface area contributed by atoms with E-state index in [0.717, 1.165) is 12.1 Å². The summed E-state index contributed by atoms with van der Waals surface area (Å²) in [6, 6.07) is 2.90. The molecule has 106 valence electrons. The summed E-state index contributed by atoms with van der Waals surface area (Å²) in [6.07, 6.45) is -4.58. The van der Waals surface area contributed by atoms with Gasteiger partial charge in [-0.3, -0.25) is 0 Å². The van der Waals surface area contributed by atoms with E-state index in [9.17, 15) is 18.0 Å². The average molecular weight is 361 g/mol. The molecule has 2 rings (SSSR count). The summed E-state index contributed by atoms with van der Waals surface area (Å²) in [5, 5.41) is 2.49. The molecule has 3 nitrogen and oxygen atoms in total. The van der Waals surface area contributed by atoms with Crippen LogP contribution in [0.3, 0.4) is 0 Å². The van der Waals surface area contributed by atoms with E-state index in [-0.39, 0.29) is 19.0 Å². The van der Waals surface area contributed by atoms with Gasteiger partial charge >= 0.3 is 12.3 Å². The number of hydrogen-bond donors (Lipinski definition) is 1. The highest BCUT2D eigenvalue weighted by Gasteiger charge is 2.32. The second-order valence-electron chi connectivity index (χ2n) is 3.86. The van der Waals surface area contributed by atoms with Crippen molar-refractivity contribution in [3.05, 3.63) is 33.8 Å². The minimum atomic E-state index is -4.40. The van der Waals surface area contributed by atoms with Crippen molar-refractivity contribution in [3.63, 3.8) is 0 Å². The number of halogens is 5. The molecule has 0 aromatic heterocycles. The Morgan fingerprint density at radius 1 is 1.37 bits per heavy atom. The van der Waals surface area contributed by atoms with Crippen LogP contribution >= 0.6 is 28.3 Å². The third-order valence-electron chi connectivity index (χ3n) is 2.63. The molecule has 1 heterocycles. The van der Waals surface area contributed by atoms with Crippen molar-refractivity contribution >= 4 is 34.4 Å². The van der Waals surface area contributed by atoms with Crippen LogP contribution in [0.15, 0.2) is 22.7 Å². The van der Waals surface area contributed by atoms with Gasteiger partial charge in [-0.05, 0) is 23.8 Å². The van der Waals surface area contributed by atoms with Crippen molar-refractivity contribution < 1.29 is 22.7 Å². The van der Waals surface area contributed by atoms with Crippen molar-refractivity contribution in [2.75, 3.05) is 6.61 Å². The predicted octanol–water partition coefficient (Wildman–Crippen LogP) is 4.06. The van der Waals surface area contributed by atoms with E-state index in [2.05, 4.69) is 26.0 Å². The van der Waals surface area contributed by atoms with Crippen LogP contribution in [0.1, 0.15) is 23.6 Å². The topological polar surface area (TPSA) is 38.3 Å². The van der Waals surface area contributed by atoms with E-state index in [1.165, 1.54) is 6.07 Å². The molecule has 1 saturated heterocycles. The fourth-order valence-corrected chi connectivity index (χ4v) is 2.27. The van der Waals surface area contributed by atoms with Gasteiger partial charge in [-0.25, -0.2) is 4.79 Å². The molecule has 19 heavy (non-hydrogen) atoms. The van der Waals surface area contributed by atoms with Crippen LogP contribution in [0, 0.1) is 0 Å². The first-order valence-corrected chi connectivity index (χ1v) is 5.97. The number of cyclic esters (lactones) is 1. The lowest BCUT2D eigenvalue weighted by molar-refractivity contribution is -0.137. The zero-order valence-corrected chi connectivity index (χ0v) is 11.9. The molecule has 0 saturated carbocycles. The molecule has 1 fully saturated rings. The monoisotopic (exact) mass is 359 g/mol. The molecular weight excluding hydrogens is 350 g/mol. The van der Waals surface area contributed by atoms with Crippen LogP contribution in [-0.2, 0) is 10.9 Å². The minimum absolute atomic E-state index is 0. The lowest BCUT2D eigenvalue weighted by Crippen LogP contribution is -2.35. The molecule has 1 aliphatic heterocycles. The highest BCUT2D eigenvalue weighted by molar-refractivity contribution is 9.10. The van der Waals surface area contributed by atoms with Gasteiger partial charge < -0.3 is 10.1 Å². The molecule has 0 radical (unpaired) electrons. The maximum absolute atomic E-state index is 12.6. The Hall–Kier alpha value is -0.950. The number of carbonyl (C=O) groups excluding carboxylic acids is 1. The number of hydrogen-bond acceptors (Lipinski definition) is 2. The third-order valence-corrected chi connectivity index (χ3v) is 3.35. The second kappa shape index (κ2) is 6.00. The van der Waals surface area contributed by atoms with Gasteiger partial charge in [0.25, 0.3) is 0 Å². The minimum Gasteiger partial charge on any atom is -0.449 e. The molecule has 0 aliphatic carbocycles. The Morgan fingerprint density at radius 3 is 2.63 bits per heavy atom. The van der Waals surface area contributed by atoms with Gasteiger partial charge in [0.1, 0.15) is 0 Å². The molecule has 0 unspecified atom stereocenters. The summed E-state index contributed by atoms with van der Waals surface area (Å²) < 4.78 is 43.1. The van der Waals surface area contributed by atoms with E-state index >= 15 is 0 Å². The zero-order chi connectivity index (χ0) is 13.3. The quantitative estimate of drug-likeness (QED) is 0.820. The molecule has 1 N–H and O–H groups in total. The SMILES string of the molecule is Cl.O=C1N[C@H](c2cc(C(F)(F)F)ccc2Br)CCO1. The van der Waals surface area contributed by atoms with Gasteiger partial charge in [0.2, 0.25) is 0 Å². The van der Waals surface area contributed by atoms with Crippen molar-refractivity contribution in [1.82, 2.24) is 5.32 Å². The molecule has 1 aromatic carbocycles. The number of amides is 1. The maximum atomic E-state index is 12.6. The molecule has 1 aromatic rings. The molecule has 1 atom stereocenters. The van der Waals surface area contributed by atoms with E-state index < -0.39 is 23.9 Å². The number of ether oxygens (including phenoxy) is 1. The first kappa shape index (κ1) is 16.1. The van der Waals surface area contributed by atoms with Gasteiger partial charge in [0.05, 0.1) is 18.2 Å². The largest absolute Gasteiger partial charge is 0.449 e. The number of alkyl carbamates (subject to hydrolysis) is 1. The van der Waals surface area contributed by atoms with Crippen molar-refractivity contribution in [3.8, 4) is 0 Å². The van der Waals surface area contributed by atoms with Crippen molar-refractivity contribution in [1.29, 1.82) is 0 Å². The number of nitrogens with one attached hydrogen (secondary N) is 1. The Morgan fingerprint density at radius 2 is 2.05 bits per heavy atom. The summed E-state index contributed by atoms with van der Waals surface area (Å²) in [6.45, 7) is 0.194. The number of carbonyl (C=O) groups is 1. The van der Waals surface area contributed by atoms with Gasteiger partial charge in [-0.1, -0.05) is 15.9 Å². The Labute approximate surface area is 122 Å². The summed E-state index contributed by atoms with van der Waals surface area (Å²) >= 11 is 3.19. The van der Waals surface area contributed by atoms with Crippen molar-refractivity contribution in [2.24, 2.45) is 0 Å². The molecular formula is C11H10BrClF3NO2. The van der Waals surface area contributed by atoms with Crippen LogP contribution < -0.4 is 5.32 Å². The first-order valence-electron chi connectivity index (χ1n) is 5.18. The summed E-state index contributed by atoms with van der Waals surface area (Å²) in [5.74, 6) is 0. The molecule has 0 spiro atoms. The Balaban J connectivity index is 0.00000180. The van der Waals surface area contributed by atoms with E-state index in [1.54, 1.807) is 0 Å². The summed E-state index contributed by atoms with van der Waals surface area (Å²) in [4.78, 5) is 11.1. The second-order valence-corrected chi connectivity index (χ2v) is 4.71. The van der Waals surface area contributed by atoms with Gasteiger partial charge in [0.15, 0.2) is 0 Å².